The minimum Gasteiger partial charge on any atom is -0.490 e. The van der Waals surface area contributed by atoms with Crippen molar-refractivity contribution in [1.29, 1.82) is 0 Å². The van der Waals surface area contributed by atoms with Gasteiger partial charge in [-0.1, -0.05) is 44.4 Å². The van der Waals surface area contributed by atoms with Crippen LogP contribution >= 0.6 is 0 Å². The highest BCUT2D eigenvalue weighted by Crippen LogP contribution is 2.34. The van der Waals surface area contributed by atoms with E-state index in [-0.39, 0.29) is 6.04 Å². The van der Waals surface area contributed by atoms with Gasteiger partial charge in [0.25, 0.3) is 0 Å². The van der Waals surface area contributed by atoms with E-state index in [1.807, 2.05) is 18.2 Å². The van der Waals surface area contributed by atoms with Gasteiger partial charge < -0.3 is 10.5 Å². The van der Waals surface area contributed by atoms with E-state index in [2.05, 4.69) is 13.0 Å². The number of ether oxygens (including phenoxy) is 1. The molecule has 1 aliphatic heterocycles. The molecule has 0 aliphatic carbocycles. The van der Waals surface area contributed by atoms with Crippen LogP contribution < -0.4 is 10.5 Å². The van der Waals surface area contributed by atoms with Crippen molar-refractivity contribution in [2.24, 2.45) is 5.73 Å². The Bertz CT molecular complexity index is 351. The molecule has 1 unspecified atom stereocenters. The third kappa shape index (κ3) is 3.22. The van der Waals surface area contributed by atoms with E-state index in [0.29, 0.717) is 6.10 Å². The molecule has 2 atom stereocenters. The smallest absolute Gasteiger partial charge is 0.124 e. The van der Waals surface area contributed by atoms with Gasteiger partial charge in [-0.05, 0) is 18.9 Å². The van der Waals surface area contributed by atoms with Crippen LogP contribution in [-0.2, 0) is 0 Å². The highest BCUT2D eigenvalue weighted by Gasteiger charge is 2.24. The van der Waals surface area contributed by atoms with E-state index in [4.69, 9.17) is 10.5 Å². The zero-order valence-corrected chi connectivity index (χ0v) is 10.7. The second kappa shape index (κ2) is 6.06. The zero-order chi connectivity index (χ0) is 12.1. The predicted molar refractivity (Wildman–Crippen MR) is 71.2 cm³/mol. The minimum atomic E-state index is 0.149. The van der Waals surface area contributed by atoms with Crippen molar-refractivity contribution in [3.8, 4) is 5.75 Å². The molecule has 1 heterocycles. The fourth-order valence-corrected chi connectivity index (χ4v) is 2.51. The predicted octanol–water partition coefficient (Wildman–Crippen LogP) is 3.81. The Labute approximate surface area is 104 Å². The average Bonchev–Trinajstić information content (AvgIpc) is 2.35. The monoisotopic (exact) mass is 233 g/mol. The fraction of sp³-hybridized carbons (Fsp3) is 0.600. The second-order valence-electron chi connectivity index (χ2n) is 4.97. The first-order chi connectivity index (χ1) is 8.31. The Morgan fingerprint density at radius 1 is 1.24 bits per heavy atom. The highest BCUT2D eigenvalue weighted by molar-refractivity contribution is 5.37. The van der Waals surface area contributed by atoms with Gasteiger partial charge in [0.1, 0.15) is 11.9 Å². The van der Waals surface area contributed by atoms with Crippen LogP contribution in [-0.4, -0.2) is 6.10 Å². The van der Waals surface area contributed by atoms with Gasteiger partial charge in [-0.2, -0.15) is 0 Å². The molecule has 0 bridgehead atoms. The van der Waals surface area contributed by atoms with E-state index in [9.17, 15) is 0 Å². The van der Waals surface area contributed by atoms with Crippen LogP contribution in [0.4, 0.5) is 0 Å². The molecular formula is C15H23NO. The van der Waals surface area contributed by atoms with Crippen LogP contribution in [0.15, 0.2) is 24.3 Å². The average molecular weight is 233 g/mol. The third-order valence-electron chi connectivity index (χ3n) is 3.51. The summed E-state index contributed by atoms with van der Waals surface area (Å²) in [6.45, 7) is 2.24. The molecule has 17 heavy (non-hydrogen) atoms. The van der Waals surface area contributed by atoms with Crippen molar-refractivity contribution >= 4 is 0 Å². The number of para-hydroxylation sites is 1. The topological polar surface area (TPSA) is 35.2 Å². The summed E-state index contributed by atoms with van der Waals surface area (Å²) in [5.41, 5.74) is 7.35. The summed E-state index contributed by atoms with van der Waals surface area (Å²) >= 11 is 0. The van der Waals surface area contributed by atoms with Gasteiger partial charge in [-0.3, -0.25) is 0 Å². The molecule has 0 radical (unpaired) electrons. The Balaban J connectivity index is 1.88. The van der Waals surface area contributed by atoms with Crippen molar-refractivity contribution in [3.63, 3.8) is 0 Å². The Kier molecular flexibility index (Phi) is 4.43. The second-order valence-corrected chi connectivity index (χ2v) is 4.97. The quantitative estimate of drug-likeness (QED) is 0.785. The van der Waals surface area contributed by atoms with Crippen LogP contribution in [0.5, 0.6) is 5.75 Å². The van der Waals surface area contributed by atoms with Crippen LogP contribution in [0.1, 0.15) is 57.1 Å². The summed E-state index contributed by atoms with van der Waals surface area (Å²) in [6, 6.07) is 8.31. The lowest BCUT2D eigenvalue weighted by atomic mass is 9.94. The first-order valence-corrected chi connectivity index (χ1v) is 6.82. The third-order valence-corrected chi connectivity index (χ3v) is 3.51. The van der Waals surface area contributed by atoms with Gasteiger partial charge in [-0.15, -0.1) is 0 Å². The molecule has 1 aliphatic rings. The van der Waals surface area contributed by atoms with Crippen LogP contribution in [0.25, 0.3) is 0 Å². The lowest BCUT2D eigenvalue weighted by Gasteiger charge is -2.30. The summed E-state index contributed by atoms with van der Waals surface area (Å²) in [4.78, 5) is 0. The molecular weight excluding hydrogens is 210 g/mol. The van der Waals surface area contributed by atoms with E-state index in [0.717, 1.165) is 24.2 Å². The Morgan fingerprint density at radius 3 is 2.88 bits per heavy atom. The SMILES string of the molecule is CCCCCCC1C[C@H](N)c2ccccc2O1. The highest BCUT2D eigenvalue weighted by atomic mass is 16.5. The van der Waals surface area contributed by atoms with E-state index < -0.39 is 0 Å². The fourth-order valence-electron chi connectivity index (χ4n) is 2.51. The first-order valence-electron chi connectivity index (χ1n) is 6.82. The molecule has 2 heteroatoms. The van der Waals surface area contributed by atoms with E-state index in [1.165, 1.54) is 25.7 Å². The number of hydrogen-bond acceptors (Lipinski definition) is 2. The summed E-state index contributed by atoms with van der Waals surface area (Å²) in [5.74, 6) is 0.992. The molecule has 0 saturated heterocycles. The molecule has 1 aromatic carbocycles. The molecule has 2 rings (SSSR count). The van der Waals surface area contributed by atoms with Crippen molar-refractivity contribution in [3.05, 3.63) is 29.8 Å². The van der Waals surface area contributed by atoms with Crippen molar-refractivity contribution < 1.29 is 4.74 Å². The summed E-state index contributed by atoms with van der Waals surface area (Å²) < 4.78 is 6.00. The molecule has 2 N–H and O–H groups in total. The summed E-state index contributed by atoms with van der Waals surface area (Å²) in [5, 5.41) is 0. The standard InChI is InChI=1S/C15H23NO/c1-2-3-4-5-8-12-11-14(16)13-9-6-7-10-15(13)17-12/h6-7,9-10,12,14H,2-5,8,11,16H2,1H3/t12?,14-/m0/s1. The lowest BCUT2D eigenvalue weighted by Crippen LogP contribution is -2.29. The Morgan fingerprint density at radius 2 is 2.06 bits per heavy atom. The molecule has 1 aromatic rings. The molecule has 0 saturated carbocycles. The maximum absolute atomic E-state index is 6.19. The van der Waals surface area contributed by atoms with Gasteiger partial charge >= 0.3 is 0 Å². The summed E-state index contributed by atoms with van der Waals surface area (Å²) in [7, 11) is 0. The number of rotatable bonds is 5. The lowest BCUT2D eigenvalue weighted by molar-refractivity contribution is 0.146. The first kappa shape index (κ1) is 12.4. The number of unbranched alkanes of at least 4 members (excludes halogenated alkanes) is 3. The number of nitrogens with two attached hydrogens (primary N) is 1. The van der Waals surface area contributed by atoms with E-state index in [1.54, 1.807) is 0 Å². The van der Waals surface area contributed by atoms with E-state index >= 15 is 0 Å². The van der Waals surface area contributed by atoms with Crippen LogP contribution in [0.2, 0.25) is 0 Å². The number of benzene rings is 1. The normalized spacial score (nSPS) is 22.9. The minimum absolute atomic E-state index is 0.149. The van der Waals surface area contributed by atoms with Crippen LogP contribution in [0.3, 0.4) is 0 Å². The van der Waals surface area contributed by atoms with Gasteiger partial charge in [-0.25, -0.2) is 0 Å². The maximum atomic E-state index is 6.19. The molecule has 0 spiro atoms. The van der Waals surface area contributed by atoms with Gasteiger partial charge in [0.15, 0.2) is 0 Å². The largest absolute Gasteiger partial charge is 0.490 e. The molecule has 94 valence electrons. The van der Waals surface area contributed by atoms with Gasteiger partial charge in [0, 0.05) is 18.0 Å². The molecule has 2 nitrogen and oxygen atoms in total. The van der Waals surface area contributed by atoms with Crippen molar-refractivity contribution in [2.45, 2.75) is 57.6 Å². The zero-order valence-electron chi connectivity index (χ0n) is 10.7. The Hall–Kier alpha value is -1.02. The number of fused-ring (bicyclic) bond motifs is 1. The molecule has 0 fully saturated rings. The van der Waals surface area contributed by atoms with Crippen LogP contribution in [0, 0.1) is 0 Å². The number of hydrogen-bond donors (Lipinski definition) is 1. The van der Waals surface area contributed by atoms with Gasteiger partial charge in [0.2, 0.25) is 0 Å². The van der Waals surface area contributed by atoms with Crippen molar-refractivity contribution in [1.82, 2.24) is 0 Å². The maximum Gasteiger partial charge on any atom is 0.124 e. The van der Waals surface area contributed by atoms with Crippen molar-refractivity contribution in [2.75, 3.05) is 0 Å². The summed E-state index contributed by atoms with van der Waals surface area (Å²) in [6.07, 6.45) is 7.60. The molecule has 0 aromatic heterocycles. The molecule has 0 amide bonds. The van der Waals surface area contributed by atoms with Gasteiger partial charge in [0.05, 0.1) is 0 Å².